The number of aliphatic hydroxyl groups is 1. The minimum absolute atomic E-state index is 0.110. The van der Waals surface area contributed by atoms with Crippen LogP contribution in [0, 0.1) is 0 Å². The summed E-state index contributed by atoms with van der Waals surface area (Å²) in [4.78, 5) is 24.1. The van der Waals surface area contributed by atoms with Crippen molar-refractivity contribution in [2.45, 2.75) is 136 Å². The summed E-state index contributed by atoms with van der Waals surface area (Å²) in [5.41, 5.74) is 0. The van der Waals surface area contributed by atoms with Crippen molar-refractivity contribution in [1.82, 2.24) is 0 Å². The van der Waals surface area contributed by atoms with Gasteiger partial charge in [0.05, 0.1) is 6.61 Å². The van der Waals surface area contributed by atoms with Crippen LogP contribution in [0.15, 0.2) is 97.2 Å². The summed E-state index contributed by atoms with van der Waals surface area (Å²) in [7, 11) is 0. The quantitative estimate of drug-likeness (QED) is 0.0482. The summed E-state index contributed by atoms with van der Waals surface area (Å²) in [6, 6.07) is 0. The molecule has 0 aromatic heterocycles. The molecule has 0 bridgehead atoms. The average Bonchev–Trinajstić information content (AvgIpc) is 3.06. The minimum atomic E-state index is -0.822. The van der Waals surface area contributed by atoms with E-state index in [1.807, 2.05) is 12.2 Å². The Balaban J connectivity index is 3.79. The van der Waals surface area contributed by atoms with Gasteiger partial charge in [0.25, 0.3) is 0 Å². The smallest absolute Gasteiger partial charge is 0.306 e. The van der Waals surface area contributed by atoms with Gasteiger partial charge >= 0.3 is 11.9 Å². The average molecular weight is 637 g/mol. The molecule has 0 radical (unpaired) electrons. The first-order valence-corrected chi connectivity index (χ1v) is 17.8. The Hall–Kier alpha value is -3.18. The highest BCUT2D eigenvalue weighted by Crippen LogP contribution is 2.09. The fraction of sp³-hybridized carbons (Fsp3) is 0.561. The van der Waals surface area contributed by atoms with Crippen molar-refractivity contribution in [3.63, 3.8) is 0 Å². The lowest BCUT2D eigenvalue weighted by atomic mass is 10.1. The first-order valence-electron chi connectivity index (χ1n) is 17.8. The summed E-state index contributed by atoms with van der Waals surface area (Å²) in [6.07, 6.45) is 50.4. The predicted octanol–water partition coefficient (Wildman–Crippen LogP) is 10.9. The Bertz CT molecular complexity index is 948. The van der Waals surface area contributed by atoms with E-state index in [4.69, 9.17) is 9.47 Å². The molecule has 0 saturated heterocycles. The zero-order valence-electron chi connectivity index (χ0n) is 29.0. The van der Waals surface area contributed by atoms with Crippen LogP contribution in [-0.4, -0.2) is 36.4 Å². The number of ether oxygens (including phenoxy) is 2. The van der Waals surface area contributed by atoms with Crippen molar-refractivity contribution in [2.75, 3.05) is 13.2 Å². The lowest BCUT2D eigenvalue weighted by Gasteiger charge is -2.15. The molecule has 0 fully saturated rings. The van der Waals surface area contributed by atoms with Crippen molar-refractivity contribution in [1.29, 1.82) is 0 Å². The molecule has 0 rings (SSSR count). The maximum atomic E-state index is 12.1. The van der Waals surface area contributed by atoms with E-state index in [1.165, 1.54) is 12.8 Å². The molecule has 0 aliphatic heterocycles. The molecule has 258 valence electrons. The third kappa shape index (κ3) is 33.7. The van der Waals surface area contributed by atoms with E-state index in [-0.39, 0.29) is 25.6 Å². The monoisotopic (exact) mass is 636 g/mol. The van der Waals surface area contributed by atoms with Crippen LogP contribution in [0.2, 0.25) is 0 Å². The zero-order valence-corrected chi connectivity index (χ0v) is 29.0. The van der Waals surface area contributed by atoms with Gasteiger partial charge in [-0.05, 0) is 77.0 Å². The van der Waals surface area contributed by atoms with Crippen LogP contribution in [0.3, 0.4) is 0 Å². The van der Waals surface area contributed by atoms with E-state index < -0.39 is 12.1 Å². The van der Waals surface area contributed by atoms with Gasteiger partial charge in [-0.1, -0.05) is 137 Å². The number of aliphatic hydroxyl groups excluding tert-OH is 1. The van der Waals surface area contributed by atoms with Gasteiger partial charge in [0, 0.05) is 12.8 Å². The first kappa shape index (κ1) is 42.8. The topological polar surface area (TPSA) is 72.8 Å². The molecule has 5 heteroatoms. The van der Waals surface area contributed by atoms with Crippen LogP contribution in [0.4, 0.5) is 0 Å². The van der Waals surface area contributed by atoms with Gasteiger partial charge in [-0.15, -0.1) is 0 Å². The standard InChI is InChI=1S/C41H64O5/c1-3-5-7-9-11-13-15-17-18-19-20-21-22-24-26-28-30-32-34-36-41(44)46-39(37-42)38-45-40(43)35-33-31-29-27-25-23-16-14-12-10-8-6-4-2/h5,7-8,10-11,13-14,16-18,20-21,24,26,30,32,39,42H,3-4,6,9,12,15,19,22-23,25,27-29,31,33-38H2,1-2H3/b7-5-,10-8-,13-11-,16-14-,18-17-,21-20-,26-24-,32-30-. The molecule has 0 aromatic rings. The van der Waals surface area contributed by atoms with Crippen molar-refractivity contribution in [3.05, 3.63) is 97.2 Å². The maximum absolute atomic E-state index is 12.1. The third-order valence-electron chi connectivity index (χ3n) is 6.86. The highest BCUT2D eigenvalue weighted by atomic mass is 16.6. The van der Waals surface area contributed by atoms with Gasteiger partial charge in [-0.25, -0.2) is 0 Å². The highest BCUT2D eigenvalue weighted by Gasteiger charge is 2.15. The fourth-order valence-corrected chi connectivity index (χ4v) is 4.20. The normalized spacial score (nSPS) is 13.4. The van der Waals surface area contributed by atoms with Gasteiger partial charge in [-0.3, -0.25) is 9.59 Å². The van der Waals surface area contributed by atoms with E-state index >= 15 is 0 Å². The van der Waals surface area contributed by atoms with Crippen LogP contribution in [-0.2, 0) is 19.1 Å². The number of carbonyl (C=O) groups excluding carboxylic acids is 2. The van der Waals surface area contributed by atoms with E-state index in [1.54, 1.807) is 0 Å². The van der Waals surface area contributed by atoms with Crippen molar-refractivity contribution >= 4 is 11.9 Å². The van der Waals surface area contributed by atoms with Crippen LogP contribution in [0.5, 0.6) is 0 Å². The summed E-state index contributed by atoms with van der Waals surface area (Å²) in [6.45, 7) is 3.85. The molecule has 0 aliphatic carbocycles. The lowest BCUT2D eigenvalue weighted by molar-refractivity contribution is -0.161. The maximum Gasteiger partial charge on any atom is 0.306 e. The summed E-state index contributed by atoms with van der Waals surface area (Å²) in [5.74, 6) is -0.719. The number of unbranched alkanes of at least 4 members (excludes halogenated alkanes) is 6. The molecule has 0 heterocycles. The lowest BCUT2D eigenvalue weighted by Crippen LogP contribution is -2.28. The van der Waals surface area contributed by atoms with Crippen LogP contribution in [0.25, 0.3) is 0 Å². The Labute approximate surface area is 281 Å². The Morgan fingerprint density at radius 1 is 0.522 bits per heavy atom. The van der Waals surface area contributed by atoms with Crippen LogP contribution in [0.1, 0.15) is 129 Å². The van der Waals surface area contributed by atoms with Crippen molar-refractivity contribution in [2.24, 2.45) is 0 Å². The molecule has 1 atom stereocenters. The SMILES string of the molecule is CC/C=C\C/C=C\C/C=C\C/C=C\C/C=C\C/C=C\CCC(=O)OC(CO)COC(=O)CCCCCCC/C=C\C/C=C\CCC. The van der Waals surface area contributed by atoms with Gasteiger partial charge in [0.1, 0.15) is 6.61 Å². The van der Waals surface area contributed by atoms with Gasteiger partial charge < -0.3 is 14.6 Å². The zero-order chi connectivity index (χ0) is 33.6. The van der Waals surface area contributed by atoms with E-state index in [2.05, 4.69) is 98.9 Å². The number of carbonyl (C=O) groups is 2. The minimum Gasteiger partial charge on any atom is -0.462 e. The third-order valence-corrected chi connectivity index (χ3v) is 6.86. The van der Waals surface area contributed by atoms with Crippen molar-refractivity contribution in [3.8, 4) is 0 Å². The number of hydrogen-bond donors (Lipinski definition) is 1. The second-order valence-electron chi connectivity index (χ2n) is 11.2. The predicted molar refractivity (Wildman–Crippen MR) is 195 cm³/mol. The Kier molecular flexibility index (Phi) is 33.8. The van der Waals surface area contributed by atoms with Gasteiger partial charge in [0.2, 0.25) is 0 Å². The molecule has 1 unspecified atom stereocenters. The Morgan fingerprint density at radius 3 is 1.50 bits per heavy atom. The van der Waals surface area contributed by atoms with Crippen LogP contribution < -0.4 is 0 Å². The van der Waals surface area contributed by atoms with Gasteiger partial charge in [-0.2, -0.15) is 0 Å². The number of esters is 2. The summed E-state index contributed by atoms with van der Waals surface area (Å²) >= 11 is 0. The van der Waals surface area contributed by atoms with Gasteiger partial charge in [0.15, 0.2) is 6.10 Å². The molecule has 0 amide bonds. The largest absolute Gasteiger partial charge is 0.462 e. The van der Waals surface area contributed by atoms with E-state index in [0.29, 0.717) is 12.8 Å². The molecule has 0 aromatic carbocycles. The second kappa shape index (κ2) is 36.3. The highest BCUT2D eigenvalue weighted by molar-refractivity contribution is 5.70. The summed E-state index contributed by atoms with van der Waals surface area (Å²) < 4.78 is 10.5. The van der Waals surface area contributed by atoms with Crippen molar-refractivity contribution < 1.29 is 24.2 Å². The molecule has 46 heavy (non-hydrogen) atoms. The van der Waals surface area contributed by atoms with E-state index in [0.717, 1.165) is 83.5 Å². The van der Waals surface area contributed by atoms with E-state index in [9.17, 15) is 14.7 Å². The molecular weight excluding hydrogens is 572 g/mol. The number of rotatable bonds is 30. The fourth-order valence-electron chi connectivity index (χ4n) is 4.20. The summed E-state index contributed by atoms with van der Waals surface area (Å²) in [5, 5.41) is 9.51. The van der Waals surface area contributed by atoms with Crippen LogP contribution >= 0.6 is 0 Å². The molecular formula is C41H64O5. The first-order chi connectivity index (χ1) is 22.6. The molecule has 1 N–H and O–H groups in total. The molecule has 0 saturated carbocycles. The molecule has 0 aliphatic rings. The molecule has 5 nitrogen and oxygen atoms in total. The molecule has 0 spiro atoms. The Morgan fingerprint density at radius 2 is 0.978 bits per heavy atom. The second-order valence-corrected chi connectivity index (χ2v) is 11.2. The number of hydrogen-bond acceptors (Lipinski definition) is 5. The number of allylic oxidation sites excluding steroid dienone is 16.